The summed E-state index contributed by atoms with van der Waals surface area (Å²) in [6.07, 6.45) is 6.16. The number of aromatic nitrogens is 4. The van der Waals surface area contributed by atoms with Crippen LogP contribution >= 0.6 is 11.3 Å². The molecule has 194 valence electrons. The SMILES string of the molecule is Cc1ncsc1-c1ccc(CNC=O)c(OCCOc2ccc(-c3ccc4c(c3)[nH]c3ccncc34)cn2)c1. The van der Waals surface area contributed by atoms with Crippen LogP contribution in [0.2, 0.25) is 0 Å². The van der Waals surface area contributed by atoms with Crippen molar-refractivity contribution >= 4 is 39.6 Å². The number of H-pyrrole nitrogens is 1. The molecular formula is C30H25N5O3S. The Balaban J connectivity index is 1.10. The lowest BCUT2D eigenvalue weighted by Crippen LogP contribution is -2.14. The average Bonchev–Trinajstić information content (AvgIpc) is 3.57. The number of amides is 1. The van der Waals surface area contributed by atoms with Crippen molar-refractivity contribution < 1.29 is 14.3 Å². The molecule has 0 atom stereocenters. The Morgan fingerprint density at radius 1 is 0.897 bits per heavy atom. The molecule has 0 fully saturated rings. The number of fused-ring (bicyclic) bond motifs is 3. The normalized spacial score (nSPS) is 11.1. The third kappa shape index (κ3) is 5.17. The van der Waals surface area contributed by atoms with Crippen molar-refractivity contribution in [2.24, 2.45) is 0 Å². The molecule has 2 N–H and O–H groups in total. The molecule has 1 amide bonds. The summed E-state index contributed by atoms with van der Waals surface area (Å²) < 4.78 is 11.9. The van der Waals surface area contributed by atoms with E-state index in [2.05, 4.69) is 43.5 Å². The number of rotatable bonds is 10. The van der Waals surface area contributed by atoms with Gasteiger partial charge in [-0.2, -0.15) is 0 Å². The summed E-state index contributed by atoms with van der Waals surface area (Å²) in [6, 6.07) is 18.1. The van der Waals surface area contributed by atoms with Gasteiger partial charge >= 0.3 is 0 Å². The molecule has 0 aliphatic carbocycles. The highest BCUT2D eigenvalue weighted by Crippen LogP contribution is 2.32. The van der Waals surface area contributed by atoms with Crippen molar-refractivity contribution in [3.05, 3.63) is 90.0 Å². The monoisotopic (exact) mass is 535 g/mol. The Kier molecular flexibility index (Phi) is 6.88. The highest BCUT2D eigenvalue weighted by molar-refractivity contribution is 7.13. The van der Waals surface area contributed by atoms with Crippen LogP contribution < -0.4 is 14.8 Å². The largest absolute Gasteiger partial charge is 0.490 e. The van der Waals surface area contributed by atoms with Crippen molar-refractivity contribution in [1.29, 1.82) is 0 Å². The summed E-state index contributed by atoms with van der Waals surface area (Å²) in [7, 11) is 0. The molecule has 0 bridgehead atoms. The maximum atomic E-state index is 10.8. The van der Waals surface area contributed by atoms with Crippen LogP contribution in [0, 0.1) is 6.92 Å². The van der Waals surface area contributed by atoms with Crippen LogP contribution in [-0.2, 0) is 11.3 Å². The Labute approximate surface area is 228 Å². The Morgan fingerprint density at radius 3 is 2.59 bits per heavy atom. The molecule has 8 nitrogen and oxygen atoms in total. The zero-order chi connectivity index (χ0) is 26.6. The fraction of sp³-hybridized carbons (Fsp3) is 0.133. The number of aryl methyl sites for hydroxylation is 1. The standard InChI is InChI=1S/C30H25N5O3S/c1-19-30(39-18-34-19)21-2-3-23(14-32-17-36)28(13-21)37-10-11-38-29-7-5-22(15-33-29)20-4-6-24-25-16-31-9-8-26(25)35-27(24)12-20/h2-9,12-13,15-18,35H,10-11,14H2,1H3,(H,32,36). The van der Waals surface area contributed by atoms with Crippen LogP contribution in [0.4, 0.5) is 0 Å². The van der Waals surface area contributed by atoms with E-state index in [1.165, 1.54) is 0 Å². The van der Waals surface area contributed by atoms with Gasteiger partial charge in [-0.05, 0) is 42.3 Å². The van der Waals surface area contributed by atoms with Crippen molar-refractivity contribution in [2.45, 2.75) is 13.5 Å². The predicted molar refractivity (Wildman–Crippen MR) is 153 cm³/mol. The molecule has 9 heteroatoms. The highest BCUT2D eigenvalue weighted by atomic mass is 32.1. The van der Waals surface area contributed by atoms with Gasteiger partial charge in [-0.3, -0.25) is 9.78 Å². The van der Waals surface area contributed by atoms with Crippen LogP contribution in [0.1, 0.15) is 11.3 Å². The number of nitrogens with one attached hydrogen (secondary N) is 2. The van der Waals surface area contributed by atoms with Gasteiger partial charge in [0.25, 0.3) is 0 Å². The minimum Gasteiger partial charge on any atom is -0.490 e. The van der Waals surface area contributed by atoms with E-state index >= 15 is 0 Å². The van der Waals surface area contributed by atoms with Gasteiger partial charge in [-0.1, -0.05) is 24.3 Å². The number of pyridine rings is 2. The highest BCUT2D eigenvalue weighted by Gasteiger charge is 2.11. The first-order valence-electron chi connectivity index (χ1n) is 12.5. The van der Waals surface area contributed by atoms with Gasteiger partial charge in [0.15, 0.2) is 0 Å². The van der Waals surface area contributed by atoms with E-state index in [0.717, 1.165) is 54.6 Å². The van der Waals surface area contributed by atoms with Crippen molar-refractivity contribution in [3.63, 3.8) is 0 Å². The number of thiazole rings is 1. The van der Waals surface area contributed by atoms with E-state index in [1.807, 2.05) is 61.2 Å². The molecule has 0 aliphatic heterocycles. The van der Waals surface area contributed by atoms with Crippen molar-refractivity contribution in [1.82, 2.24) is 25.3 Å². The number of aromatic amines is 1. The fourth-order valence-electron chi connectivity index (χ4n) is 4.57. The molecule has 0 spiro atoms. The first-order chi connectivity index (χ1) is 19.2. The van der Waals surface area contributed by atoms with Gasteiger partial charge in [-0.25, -0.2) is 9.97 Å². The van der Waals surface area contributed by atoms with Crippen LogP contribution in [-0.4, -0.2) is 39.6 Å². The molecule has 0 saturated carbocycles. The van der Waals surface area contributed by atoms with Crippen LogP contribution in [0.25, 0.3) is 43.4 Å². The topological polar surface area (TPSA) is 102 Å². The second kappa shape index (κ2) is 10.9. The predicted octanol–water partition coefficient (Wildman–Crippen LogP) is 5.91. The third-order valence-electron chi connectivity index (χ3n) is 6.51. The van der Waals surface area contributed by atoms with E-state index in [1.54, 1.807) is 17.5 Å². The molecule has 0 aliphatic rings. The summed E-state index contributed by atoms with van der Waals surface area (Å²) in [5.74, 6) is 1.22. The van der Waals surface area contributed by atoms with Gasteiger partial charge in [0, 0.05) is 64.1 Å². The van der Waals surface area contributed by atoms with Gasteiger partial charge in [0.1, 0.15) is 19.0 Å². The number of hydrogen-bond donors (Lipinski definition) is 2. The fourth-order valence-corrected chi connectivity index (χ4v) is 5.37. The maximum Gasteiger partial charge on any atom is 0.213 e. The number of ether oxygens (including phenoxy) is 2. The van der Waals surface area contributed by atoms with Gasteiger partial charge in [0.05, 0.1) is 16.1 Å². The lowest BCUT2D eigenvalue weighted by atomic mass is 10.1. The van der Waals surface area contributed by atoms with Crippen molar-refractivity contribution in [3.8, 4) is 33.2 Å². The maximum absolute atomic E-state index is 10.8. The molecular weight excluding hydrogens is 510 g/mol. The van der Waals surface area contributed by atoms with Gasteiger partial charge in [-0.15, -0.1) is 11.3 Å². The molecule has 0 radical (unpaired) electrons. The number of hydrogen-bond acceptors (Lipinski definition) is 7. The summed E-state index contributed by atoms with van der Waals surface area (Å²) >= 11 is 1.59. The van der Waals surface area contributed by atoms with E-state index in [0.29, 0.717) is 37.8 Å². The first kappa shape index (κ1) is 24.6. The minimum absolute atomic E-state index is 0.325. The number of carbonyl (C=O) groups is 1. The lowest BCUT2D eigenvalue weighted by molar-refractivity contribution is -0.109. The Hall–Kier alpha value is -4.76. The third-order valence-corrected chi connectivity index (χ3v) is 7.49. The summed E-state index contributed by atoms with van der Waals surface area (Å²) in [6.45, 7) is 3.02. The minimum atomic E-state index is 0.325. The number of carbonyl (C=O) groups excluding carboxylic acids is 1. The van der Waals surface area contributed by atoms with Crippen LogP contribution in [0.15, 0.2) is 78.7 Å². The molecule has 39 heavy (non-hydrogen) atoms. The molecule has 6 aromatic rings. The molecule has 0 unspecified atom stereocenters. The van der Waals surface area contributed by atoms with Gasteiger partial charge in [0.2, 0.25) is 12.3 Å². The summed E-state index contributed by atoms with van der Waals surface area (Å²) in [4.78, 5) is 28.4. The smallest absolute Gasteiger partial charge is 0.213 e. The number of benzene rings is 2. The number of nitrogens with zero attached hydrogens (tertiary/aromatic N) is 3. The molecule has 4 heterocycles. The van der Waals surface area contributed by atoms with Crippen LogP contribution in [0.3, 0.4) is 0 Å². The van der Waals surface area contributed by atoms with Gasteiger partial charge < -0.3 is 19.8 Å². The van der Waals surface area contributed by atoms with E-state index < -0.39 is 0 Å². The second-order valence-electron chi connectivity index (χ2n) is 8.98. The Bertz CT molecular complexity index is 1760. The quantitative estimate of drug-likeness (QED) is 0.167. The summed E-state index contributed by atoms with van der Waals surface area (Å²) in [5, 5.41) is 4.96. The molecule has 0 saturated heterocycles. The van der Waals surface area contributed by atoms with E-state index in [-0.39, 0.29) is 0 Å². The first-order valence-corrected chi connectivity index (χ1v) is 13.4. The van der Waals surface area contributed by atoms with Crippen molar-refractivity contribution in [2.75, 3.05) is 13.2 Å². The van der Waals surface area contributed by atoms with E-state index in [9.17, 15) is 4.79 Å². The molecule has 2 aromatic carbocycles. The zero-order valence-corrected chi connectivity index (χ0v) is 22.0. The zero-order valence-electron chi connectivity index (χ0n) is 21.2. The molecule has 4 aromatic heterocycles. The van der Waals surface area contributed by atoms with Crippen LogP contribution in [0.5, 0.6) is 11.6 Å². The average molecular weight is 536 g/mol. The molecule has 6 rings (SSSR count). The Morgan fingerprint density at radius 2 is 1.77 bits per heavy atom. The van der Waals surface area contributed by atoms with E-state index in [4.69, 9.17) is 9.47 Å². The summed E-state index contributed by atoms with van der Waals surface area (Å²) in [5.41, 5.74) is 8.91. The lowest BCUT2D eigenvalue weighted by Gasteiger charge is -2.13. The second-order valence-corrected chi connectivity index (χ2v) is 9.83.